The average Bonchev–Trinajstić information content (AvgIpc) is 3.21. The molecule has 32 heavy (non-hydrogen) atoms. The maximum atomic E-state index is 13.1. The number of halogens is 4. The maximum absolute atomic E-state index is 13.1. The average molecular weight is 470 g/mol. The van der Waals surface area contributed by atoms with Gasteiger partial charge in [-0.1, -0.05) is 17.7 Å². The molecule has 1 fully saturated rings. The van der Waals surface area contributed by atoms with Gasteiger partial charge in [-0.3, -0.25) is 4.79 Å². The Kier molecular flexibility index (Phi) is 6.35. The number of esters is 1. The summed E-state index contributed by atoms with van der Waals surface area (Å²) in [5.41, 5.74) is 0.0135. The Hall–Kier alpha value is -3.08. The minimum Gasteiger partial charge on any atom is -0.490 e. The molecule has 0 atom stereocenters. The largest absolute Gasteiger partial charge is 0.490 e. The number of carbonyl (C=O) groups excluding carboxylic acids is 1. The van der Waals surface area contributed by atoms with E-state index in [1.54, 1.807) is 30.3 Å². The lowest BCUT2D eigenvalue weighted by Gasteiger charge is -2.31. The third-order valence-electron chi connectivity index (χ3n) is 5.05. The van der Waals surface area contributed by atoms with Crippen LogP contribution in [0.4, 0.5) is 19.0 Å². The first-order valence-corrected chi connectivity index (χ1v) is 10.3. The summed E-state index contributed by atoms with van der Waals surface area (Å²) in [6.07, 6.45) is -3.65. The molecule has 1 saturated heterocycles. The summed E-state index contributed by atoms with van der Waals surface area (Å²) in [5.74, 6) is -0.826. The van der Waals surface area contributed by atoms with Crippen LogP contribution < -0.4 is 9.64 Å². The van der Waals surface area contributed by atoms with Crippen molar-refractivity contribution in [3.8, 4) is 5.75 Å². The molecular weight excluding hydrogens is 451 g/mol. The van der Waals surface area contributed by atoms with E-state index >= 15 is 0 Å². The molecular formula is C20H19ClF3N5O3. The Morgan fingerprint density at radius 3 is 2.62 bits per heavy atom. The summed E-state index contributed by atoms with van der Waals surface area (Å²) >= 11 is 5.88. The maximum Gasteiger partial charge on any atom is 0.453 e. The number of carbonyl (C=O) groups is 1. The van der Waals surface area contributed by atoms with E-state index in [0.29, 0.717) is 47.0 Å². The van der Waals surface area contributed by atoms with Gasteiger partial charge in [0.25, 0.3) is 5.82 Å². The van der Waals surface area contributed by atoms with E-state index in [-0.39, 0.29) is 30.7 Å². The monoisotopic (exact) mass is 469 g/mol. The van der Waals surface area contributed by atoms with Crippen LogP contribution in [0.2, 0.25) is 5.02 Å². The molecule has 12 heteroatoms. The fraction of sp³-hybridized carbons (Fsp3) is 0.400. The molecule has 8 nitrogen and oxygen atoms in total. The van der Waals surface area contributed by atoms with Gasteiger partial charge in [-0.2, -0.15) is 17.7 Å². The second kappa shape index (κ2) is 9.19. The number of alkyl halides is 3. The molecule has 4 rings (SSSR count). The van der Waals surface area contributed by atoms with E-state index in [2.05, 4.69) is 15.3 Å². The van der Waals surface area contributed by atoms with E-state index in [1.165, 1.54) is 6.07 Å². The summed E-state index contributed by atoms with van der Waals surface area (Å²) in [6.45, 7) is 1.23. The number of rotatable bonds is 6. The standard InChI is InChI=1S/C20H19ClF3N5O3/c21-14-2-1-3-15(12-14)31-10-11-32-18(30)13-6-8-28(9-7-13)17-5-4-16-25-26-19(20(22,23)24)29(16)27-17/h1-5,12-13H,6-11H2. The van der Waals surface area contributed by atoms with Crippen molar-refractivity contribution in [2.75, 3.05) is 31.2 Å². The van der Waals surface area contributed by atoms with Crippen LogP contribution in [-0.2, 0) is 15.7 Å². The highest BCUT2D eigenvalue weighted by molar-refractivity contribution is 6.30. The van der Waals surface area contributed by atoms with Gasteiger partial charge in [-0.15, -0.1) is 15.3 Å². The highest BCUT2D eigenvalue weighted by Crippen LogP contribution is 2.29. The number of anilines is 1. The number of piperidine rings is 1. The van der Waals surface area contributed by atoms with E-state index in [1.807, 2.05) is 4.90 Å². The van der Waals surface area contributed by atoms with E-state index in [0.717, 1.165) is 0 Å². The van der Waals surface area contributed by atoms with Gasteiger partial charge in [0.2, 0.25) is 0 Å². The lowest BCUT2D eigenvalue weighted by molar-refractivity contribution is -0.150. The molecule has 1 aliphatic heterocycles. The van der Waals surface area contributed by atoms with Crippen LogP contribution in [-0.4, -0.2) is 52.1 Å². The Morgan fingerprint density at radius 2 is 1.91 bits per heavy atom. The van der Waals surface area contributed by atoms with Crippen molar-refractivity contribution in [2.24, 2.45) is 5.92 Å². The molecule has 0 unspecified atom stereocenters. The smallest absolute Gasteiger partial charge is 0.453 e. The molecule has 1 aliphatic rings. The van der Waals surface area contributed by atoms with Crippen LogP contribution in [0.15, 0.2) is 36.4 Å². The van der Waals surface area contributed by atoms with Gasteiger partial charge in [0, 0.05) is 18.1 Å². The van der Waals surface area contributed by atoms with Crippen LogP contribution in [0.25, 0.3) is 5.65 Å². The zero-order valence-electron chi connectivity index (χ0n) is 16.8. The van der Waals surface area contributed by atoms with Crippen LogP contribution in [0.1, 0.15) is 18.7 Å². The molecule has 170 valence electrons. The van der Waals surface area contributed by atoms with Gasteiger partial charge in [0.15, 0.2) is 5.65 Å². The number of hydrogen-bond acceptors (Lipinski definition) is 7. The number of nitrogens with zero attached hydrogens (tertiary/aromatic N) is 5. The van der Waals surface area contributed by atoms with Gasteiger partial charge in [0.1, 0.15) is 24.8 Å². The van der Waals surface area contributed by atoms with Crippen molar-refractivity contribution in [3.05, 3.63) is 47.2 Å². The normalized spacial score (nSPS) is 15.2. The van der Waals surface area contributed by atoms with Gasteiger partial charge in [-0.05, 0) is 43.2 Å². The van der Waals surface area contributed by atoms with Crippen molar-refractivity contribution >= 4 is 29.0 Å². The summed E-state index contributed by atoms with van der Waals surface area (Å²) in [7, 11) is 0. The molecule has 1 aromatic carbocycles. The highest BCUT2D eigenvalue weighted by Gasteiger charge is 2.38. The quantitative estimate of drug-likeness (QED) is 0.402. The Bertz CT molecular complexity index is 1100. The number of hydrogen-bond donors (Lipinski definition) is 0. The first kappa shape index (κ1) is 22.1. The second-order valence-electron chi connectivity index (χ2n) is 7.22. The molecule has 3 aromatic rings. The second-order valence-corrected chi connectivity index (χ2v) is 7.65. The fourth-order valence-corrected chi connectivity index (χ4v) is 3.63. The first-order valence-electron chi connectivity index (χ1n) is 9.91. The van der Waals surface area contributed by atoms with Crippen LogP contribution >= 0.6 is 11.6 Å². The Balaban J connectivity index is 1.28. The highest BCUT2D eigenvalue weighted by atomic mass is 35.5. The SMILES string of the molecule is O=C(OCCOc1cccc(Cl)c1)C1CCN(c2ccc3nnc(C(F)(F)F)n3n2)CC1. The van der Waals surface area contributed by atoms with Gasteiger partial charge >= 0.3 is 12.1 Å². The summed E-state index contributed by atoms with van der Waals surface area (Å²) in [6, 6.07) is 9.95. The summed E-state index contributed by atoms with van der Waals surface area (Å²) in [4.78, 5) is 14.1. The van der Waals surface area contributed by atoms with Crippen molar-refractivity contribution in [1.29, 1.82) is 0 Å². The number of aromatic nitrogens is 4. The zero-order chi connectivity index (χ0) is 22.7. The molecule has 0 amide bonds. The summed E-state index contributed by atoms with van der Waals surface area (Å²) in [5, 5.41) is 11.3. The molecule has 0 aliphatic carbocycles. The van der Waals surface area contributed by atoms with E-state index in [9.17, 15) is 18.0 Å². The number of fused-ring (bicyclic) bond motifs is 1. The minimum absolute atomic E-state index is 0.0135. The van der Waals surface area contributed by atoms with Crippen LogP contribution in [0.3, 0.4) is 0 Å². The summed E-state index contributed by atoms with van der Waals surface area (Å²) < 4.78 is 50.7. The van der Waals surface area contributed by atoms with Crippen LogP contribution in [0, 0.1) is 5.92 Å². The van der Waals surface area contributed by atoms with Crippen molar-refractivity contribution < 1.29 is 27.4 Å². The third-order valence-corrected chi connectivity index (χ3v) is 5.28. The first-order chi connectivity index (χ1) is 15.3. The third kappa shape index (κ3) is 5.04. The molecule has 3 heterocycles. The van der Waals surface area contributed by atoms with Gasteiger partial charge in [0.05, 0.1) is 5.92 Å². The van der Waals surface area contributed by atoms with Crippen molar-refractivity contribution in [3.63, 3.8) is 0 Å². The Morgan fingerprint density at radius 1 is 1.12 bits per heavy atom. The van der Waals surface area contributed by atoms with E-state index in [4.69, 9.17) is 21.1 Å². The fourth-order valence-electron chi connectivity index (χ4n) is 3.45. The van der Waals surface area contributed by atoms with Gasteiger partial charge in [-0.25, -0.2) is 0 Å². The molecule has 2 aromatic heterocycles. The Labute approximate surface area is 185 Å². The number of ether oxygens (including phenoxy) is 2. The predicted molar refractivity (Wildman–Crippen MR) is 109 cm³/mol. The molecule has 0 spiro atoms. The lowest BCUT2D eigenvalue weighted by Crippen LogP contribution is -2.38. The molecule has 0 N–H and O–H groups in total. The lowest BCUT2D eigenvalue weighted by atomic mass is 9.97. The predicted octanol–water partition coefficient (Wildman–Crippen LogP) is 3.64. The van der Waals surface area contributed by atoms with Gasteiger partial charge < -0.3 is 14.4 Å². The zero-order valence-corrected chi connectivity index (χ0v) is 17.5. The van der Waals surface area contributed by atoms with Crippen molar-refractivity contribution in [1.82, 2.24) is 19.8 Å². The van der Waals surface area contributed by atoms with Crippen molar-refractivity contribution in [2.45, 2.75) is 19.0 Å². The topological polar surface area (TPSA) is 81.9 Å². The molecule has 0 saturated carbocycles. The molecule has 0 radical (unpaired) electrons. The number of benzene rings is 1. The van der Waals surface area contributed by atoms with Crippen LogP contribution in [0.5, 0.6) is 5.75 Å². The minimum atomic E-state index is -4.65. The van der Waals surface area contributed by atoms with E-state index < -0.39 is 12.0 Å². The molecule has 0 bridgehead atoms.